The zero-order valence-electron chi connectivity index (χ0n) is 11.6. The molecule has 2 heterocycles. The van der Waals surface area contributed by atoms with Gasteiger partial charge >= 0.3 is 5.97 Å². The lowest BCUT2D eigenvalue weighted by Crippen LogP contribution is -2.36. The number of benzene rings is 1. The number of ether oxygens (including phenoxy) is 1. The van der Waals surface area contributed by atoms with Gasteiger partial charge in [-0.25, -0.2) is 9.69 Å². The SMILES string of the molecule is CCOC(=O)C1=NN[C@H]2C(=O)N(c3ccc(Cl)cc3)C(=O)[C@@H]12. The molecule has 0 aromatic heterocycles. The minimum atomic E-state index is -0.956. The Labute approximate surface area is 130 Å². The van der Waals surface area contributed by atoms with E-state index in [0.717, 1.165) is 4.90 Å². The fourth-order valence-corrected chi connectivity index (χ4v) is 2.63. The summed E-state index contributed by atoms with van der Waals surface area (Å²) in [6.07, 6.45) is 0. The number of amides is 2. The molecule has 1 fully saturated rings. The smallest absolute Gasteiger partial charge is 0.355 e. The molecule has 8 heteroatoms. The summed E-state index contributed by atoms with van der Waals surface area (Å²) in [6.45, 7) is 1.82. The van der Waals surface area contributed by atoms with Crippen LogP contribution in [0.25, 0.3) is 0 Å². The fraction of sp³-hybridized carbons (Fsp3) is 0.286. The molecule has 2 aliphatic heterocycles. The minimum Gasteiger partial charge on any atom is -0.461 e. The van der Waals surface area contributed by atoms with Gasteiger partial charge in [0.15, 0.2) is 5.71 Å². The number of imide groups is 1. The monoisotopic (exact) mass is 321 g/mol. The van der Waals surface area contributed by atoms with Gasteiger partial charge in [-0.05, 0) is 31.2 Å². The van der Waals surface area contributed by atoms with Crippen LogP contribution in [0.4, 0.5) is 5.69 Å². The van der Waals surface area contributed by atoms with Gasteiger partial charge in [0.25, 0.3) is 5.91 Å². The van der Waals surface area contributed by atoms with Crippen LogP contribution in [0.5, 0.6) is 0 Å². The Morgan fingerprint density at radius 3 is 2.64 bits per heavy atom. The first-order valence-corrected chi connectivity index (χ1v) is 7.06. The number of hydrazone groups is 1. The average molecular weight is 322 g/mol. The van der Waals surface area contributed by atoms with Crippen LogP contribution in [-0.4, -0.2) is 36.1 Å². The molecule has 1 aromatic rings. The number of hydrogen-bond donors (Lipinski definition) is 1. The predicted octanol–water partition coefficient (Wildman–Crippen LogP) is 0.720. The molecule has 0 spiro atoms. The summed E-state index contributed by atoms with van der Waals surface area (Å²) in [5, 5.41) is 4.28. The molecule has 2 aliphatic rings. The number of esters is 1. The van der Waals surface area contributed by atoms with Crippen LogP contribution in [0.2, 0.25) is 5.02 Å². The molecule has 0 saturated carbocycles. The second kappa shape index (κ2) is 5.42. The number of rotatable bonds is 3. The van der Waals surface area contributed by atoms with E-state index in [1.54, 1.807) is 31.2 Å². The normalized spacial score (nSPS) is 23.2. The summed E-state index contributed by atoms with van der Waals surface area (Å²) in [5.74, 6) is -2.61. The summed E-state index contributed by atoms with van der Waals surface area (Å²) >= 11 is 5.81. The highest BCUT2D eigenvalue weighted by Gasteiger charge is 2.55. The Bertz CT molecular complexity index is 686. The molecular formula is C14H12ClN3O4. The third kappa shape index (κ3) is 2.14. The average Bonchev–Trinajstić information content (AvgIpc) is 3.03. The largest absolute Gasteiger partial charge is 0.461 e. The zero-order chi connectivity index (χ0) is 15.9. The van der Waals surface area contributed by atoms with Crippen LogP contribution in [0, 0.1) is 5.92 Å². The molecule has 1 N–H and O–H groups in total. The van der Waals surface area contributed by atoms with E-state index in [9.17, 15) is 14.4 Å². The maximum Gasteiger partial charge on any atom is 0.355 e. The Balaban J connectivity index is 1.91. The maximum absolute atomic E-state index is 12.5. The summed E-state index contributed by atoms with van der Waals surface area (Å²) in [5.41, 5.74) is 2.88. The van der Waals surface area contributed by atoms with Crippen LogP contribution in [0.15, 0.2) is 29.4 Å². The van der Waals surface area contributed by atoms with Crippen molar-refractivity contribution < 1.29 is 19.1 Å². The van der Waals surface area contributed by atoms with Crippen molar-refractivity contribution in [2.75, 3.05) is 11.5 Å². The van der Waals surface area contributed by atoms with Gasteiger partial charge in [0, 0.05) is 5.02 Å². The van der Waals surface area contributed by atoms with Gasteiger partial charge in [-0.1, -0.05) is 11.6 Å². The molecule has 1 aromatic carbocycles. The molecule has 2 atom stereocenters. The quantitative estimate of drug-likeness (QED) is 0.654. The highest BCUT2D eigenvalue weighted by Crippen LogP contribution is 2.31. The molecule has 3 rings (SSSR count). The van der Waals surface area contributed by atoms with Crippen molar-refractivity contribution in [2.45, 2.75) is 13.0 Å². The molecule has 114 valence electrons. The first-order valence-electron chi connectivity index (χ1n) is 6.68. The summed E-state index contributed by atoms with van der Waals surface area (Å²) in [6, 6.07) is 5.43. The highest BCUT2D eigenvalue weighted by molar-refractivity contribution is 6.46. The van der Waals surface area contributed by atoms with E-state index in [4.69, 9.17) is 16.3 Å². The number of fused-ring (bicyclic) bond motifs is 1. The van der Waals surface area contributed by atoms with E-state index in [-0.39, 0.29) is 12.3 Å². The van der Waals surface area contributed by atoms with Gasteiger partial charge in [0.05, 0.1) is 12.3 Å². The number of anilines is 1. The molecule has 22 heavy (non-hydrogen) atoms. The summed E-state index contributed by atoms with van der Waals surface area (Å²) < 4.78 is 4.87. The Morgan fingerprint density at radius 2 is 2.00 bits per heavy atom. The molecule has 2 amide bonds. The van der Waals surface area contributed by atoms with Crippen LogP contribution >= 0.6 is 11.6 Å². The third-order valence-electron chi connectivity index (χ3n) is 3.49. The molecular weight excluding hydrogens is 310 g/mol. The third-order valence-corrected chi connectivity index (χ3v) is 3.75. The van der Waals surface area contributed by atoms with Crippen molar-refractivity contribution >= 4 is 40.8 Å². The van der Waals surface area contributed by atoms with Crippen LogP contribution in [-0.2, 0) is 19.1 Å². The van der Waals surface area contributed by atoms with E-state index < -0.39 is 29.7 Å². The van der Waals surface area contributed by atoms with Gasteiger partial charge in [0.2, 0.25) is 5.91 Å². The number of halogens is 1. The standard InChI is InChI=1S/C14H12ClN3O4/c1-2-22-14(21)11-9-10(16-17-11)13(20)18(12(9)19)8-5-3-7(15)4-6-8/h3-6,9-10,16H,2H2,1H3/t9-,10-/m1/s1. The second-order valence-electron chi connectivity index (χ2n) is 4.79. The fourth-order valence-electron chi connectivity index (χ4n) is 2.51. The van der Waals surface area contributed by atoms with Gasteiger partial charge in [0.1, 0.15) is 12.0 Å². The number of carbonyl (C=O) groups is 3. The first kappa shape index (κ1) is 14.5. The number of hydrogen-bond acceptors (Lipinski definition) is 6. The van der Waals surface area contributed by atoms with E-state index in [2.05, 4.69) is 10.5 Å². The van der Waals surface area contributed by atoms with Crippen LogP contribution < -0.4 is 10.3 Å². The summed E-state index contributed by atoms with van der Waals surface area (Å²) in [7, 11) is 0. The van der Waals surface area contributed by atoms with E-state index in [1.165, 1.54) is 0 Å². The molecule has 0 radical (unpaired) electrons. The number of nitrogens with zero attached hydrogens (tertiary/aromatic N) is 2. The van der Waals surface area contributed by atoms with Crippen molar-refractivity contribution in [3.8, 4) is 0 Å². The van der Waals surface area contributed by atoms with Gasteiger partial charge in [-0.2, -0.15) is 5.10 Å². The van der Waals surface area contributed by atoms with Gasteiger partial charge < -0.3 is 4.74 Å². The zero-order valence-corrected chi connectivity index (χ0v) is 12.3. The van der Waals surface area contributed by atoms with Crippen molar-refractivity contribution in [2.24, 2.45) is 11.0 Å². The summed E-state index contributed by atoms with van der Waals surface area (Å²) in [4.78, 5) is 37.8. The molecule has 1 saturated heterocycles. The Morgan fingerprint density at radius 1 is 1.32 bits per heavy atom. The van der Waals surface area contributed by atoms with Crippen LogP contribution in [0.3, 0.4) is 0 Å². The highest BCUT2D eigenvalue weighted by atomic mass is 35.5. The van der Waals surface area contributed by atoms with Crippen molar-refractivity contribution in [3.63, 3.8) is 0 Å². The maximum atomic E-state index is 12.5. The predicted molar refractivity (Wildman–Crippen MR) is 78.4 cm³/mol. The minimum absolute atomic E-state index is 0.0679. The van der Waals surface area contributed by atoms with Crippen LogP contribution in [0.1, 0.15) is 6.92 Å². The number of carbonyl (C=O) groups excluding carboxylic acids is 3. The topological polar surface area (TPSA) is 88.1 Å². The first-order chi connectivity index (χ1) is 10.5. The van der Waals surface area contributed by atoms with Crippen molar-refractivity contribution in [3.05, 3.63) is 29.3 Å². The van der Waals surface area contributed by atoms with E-state index in [0.29, 0.717) is 10.7 Å². The molecule has 0 bridgehead atoms. The molecule has 7 nitrogen and oxygen atoms in total. The Hall–Kier alpha value is -2.41. The Kier molecular flexibility index (Phi) is 3.58. The molecule has 0 unspecified atom stereocenters. The lowest BCUT2D eigenvalue weighted by atomic mass is 9.99. The van der Waals surface area contributed by atoms with Gasteiger partial charge in [-0.15, -0.1) is 0 Å². The lowest BCUT2D eigenvalue weighted by Gasteiger charge is -2.15. The lowest BCUT2D eigenvalue weighted by molar-refractivity contribution is -0.136. The van der Waals surface area contributed by atoms with Crippen molar-refractivity contribution in [1.82, 2.24) is 5.43 Å². The van der Waals surface area contributed by atoms with E-state index in [1.807, 2.05) is 0 Å². The molecule has 0 aliphatic carbocycles. The van der Waals surface area contributed by atoms with Crippen molar-refractivity contribution in [1.29, 1.82) is 0 Å². The second-order valence-corrected chi connectivity index (χ2v) is 5.23. The van der Waals surface area contributed by atoms with E-state index >= 15 is 0 Å². The number of nitrogens with one attached hydrogen (secondary N) is 1. The van der Waals surface area contributed by atoms with Gasteiger partial charge in [-0.3, -0.25) is 15.0 Å².